The molecular weight excluding hydrogens is 304 g/mol. The molecule has 0 saturated heterocycles. The Kier molecular flexibility index (Phi) is 4.04. The molecular formula is C18H18N4O2. The van der Waals surface area contributed by atoms with E-state index in [9.17, 15) is 9.59 Å². The number of rotatable bonds is 2. The lowest BCUT2D eigenvalue weighted by Gasteiger charge is -2.31. The Morgan fingerprint density at radius 1 is 0.833 bits per heavy atom. The molecule has 2 aromatic carbocycles. The maximum Gasteiger partial charge on any atom is 0.280 e. The molecule has 0 aromatic heterocycles. The van der Waals surface area contributed by atoms with E-state index in [0.717, 1.165) is 10.7 Å². The van der Waals surface area contributed by atoms with Gasteiger partial charge in [0.1, 0.15) is 0 Å². The van der Waals surface area contributed by atoms with Crippen LogP contribution in [0.25, 0.3) is 0 Å². The number of carbonyl (C=O) groups excluding carboxylic acids is 2. The van der Waals surface area contributed by atoms with Crippen LogP contribution in [0.5, 0.6) is 0 Å². The molecule has 2 amide bonds. The first kappa shape index (κ1) is 15.7. The third kappa shape index (κ3) is 2.62. The number of nitrogens with zero attached hydrogens (tertiary/aromatic N) is 4. The largest absolute Gasteiger partial charge is 0.347 e. The van der Waals surface area contributed by atoms with Gasteiger partial charge in [0.15, 0.2) is 0 Å². The van der Waals surface area contributed by atoms with Crippen molar-refractivity contribution in [1.82, 2.24) is 14.9 Å². The summed E-state index contributed by atoms with van der Waals surface area (Å²) in [6, 6.07) is 16.2. The highest BCUT2D eigenvalue weighted by molar-refractivity contribution is 6.21. The molecule has 0 bridgehead atoms. The molecule has 0 saturated carbocycles. The van der Waals surface area contributed by atoms with Gasteiger partial charge in [0.2, 0.25) is 5.96 Å². The van der Waals surface area contributed by atoms with Crippen LogP contribution in [0.15, 0.2) is 59.6 Å². The molecule has 6 nitrogen and oxygen atoms in total. The van der Waals surface area contributed by atoms with Crippen molar-refractivity contribution in [3.05, 3.63) is 65.7 Å². The molecule has 0 atom stereocenters. The second kappa shape index (κ2) is 6.16. The second-order valence-electron chi connectivity index (χ2n) is 5.63. The van der Waals surface area contributed by atoms with Gasteiger partial charge in [-0.3, -0.25) is 9.59 Å². The Labute approximate surface area is 140 Å². The topological polar surface area (TPSA) is 56.2 Å². The lowest BCUT2D eigenvalue weighted by Crippen LogP contribution is -2.51. The first-order valence-corrected chi connectivity index (χ1v) is 7.53. The Hall–Kier alpha value is -3.15. The molecule has 0 aliphatic carbocycles. The van der Waals surface area contributed by atoms with Gasteiger partial charge in [0.05, 0.1) is 16.8 Å². The summed E-state index contributed by atoms with van der Waals surface area (Å²) < 4.78 is 0. The number of hydrogen-bond donors (Lipinski definition) is 0. The molecule has 1 heterocycles. The Balaban J connectivity index is 1.98. The average Bonchev–Trinajstić information content (AvgIpc) is 2.84. The standard InChI is InChI=1S/C18H18N4O2/c1-20(2)18(19-13-9-5-4-6-10-13)21(3)22-16(23)14-11-7-8-12-15(14)17(22)24/h4-12H,1-3H3. The Morgan fingerprint density at radius 2 is 1.33 bits per heavy atom. The summed E-state index contributed by atoms with van der Waals surface area (Å²) in [4.78, 5) is 31.6. The zero-order valence-corrected chi connectivity index (χ0v) is 13.8. The highest BCUT2D eigenvalue weighted by Gasteiger charge is 2.39. The number of guanidine groups is 1. The predicted octanol–water partition coefficient (Wildman–Crippen LogP) is 2.38. The second-order valence-corrected chi connectivity index (χ2v) is 5.63. The first-order valence-electron chi connectivity index (χ1n) is 7.53. The minimum Gasteiger partial charge on any atom is -0.347 e. The van der Waals surface area contributed by atoms with Crippen LogP contribution in [0, 0.1) is 0 Å². The Morgan fingerprint density at radius 3 is 1.83 bits per heavy atom. The average molecular weight is 322 g/mol. The van der Waals surface area contributed by atoms with Crippen LogP contribution >= 0.6 is 0 Å². The predicted molar refractivity (Wildman–Crippen MR) is 91.9 cm³/mol. The third-order valence-electron chi connectivity index (χ3n) is 3.75. The van der Waals surface area contributed by atoms with Crippen molar-refractivity contribution >= 4 is 23.5 Å². The van der Waals surface area contributed by atoms with Gasteiger partial charge in [-0.2, -0.15) is 5.01 Å². The summed E-state index contributed by atoms with van der Waals surface area (Å²) in [5.74, 6) is -0.211. The van der Waals surface area contributed by atoms with Gasteiger partial charge in [-0.05, 0) is 24.3 Å². The zero-order chi connectivity index (χ0) is 17.3. The van der Waals surface area contributed by atoms with Crippen LogP contribution in [0.4, 0.5) is 5.69 Å². The van der Waals surface area contributed by atoms with E-state index in [-0.39, 0.29) is 11.8 Å². The SMILES string of the molecule is CN(C)C(=Nc1ccccc1)N(C)N1C(=O)c2ccccc2C1=O. The summed E-state index contributed by atoms with van der Waals surface area (Å²) >= 11 is 0. The lowest BCUT2D eigenvalue weighted by atomic mass is 10.1. The highest BCUT2D eigenvalue weighted by Crippen LogP contribution is 2.24. The number of carbonyl (C=O) groups is 2. The smallest absolute Gasteiger partial charge is 0.280 e. The Bertz CT molecular complexity index is 780. The van der Waals surface area contributed by atoms with Crippen LogP contribution in [0.3, 0.4) is 0 Å². The van der Waals surface area contributed by atoms with Gasteiger partial charge in [0, 0.05) is 21.1 Å². The van der Waals surface area contributed by atoms with Crippen LogP contribution < -0.4 is 0 Å². The fraction of sp³-hybridized carbons (Fsp3) is 0.167. The molecule has 0 radical (unpaired) electrons. The molecule has 0 N–H and O–H groups in total. The molecule has 24 heavy (non-hydrogen) atoms. The van der Waals surface area contributed by atoms with E-state index in [1.807, 2.05) is 44.4 Å². The third-order valence-corrected chi connectivity index (χ3v) is 3.75. The molecule has 0 fully saturated rings. The van der Waals surface area contributed by atoms with E-state index in [1.165, 1.54) is 5.01 Å². The summed E-state index contributed by atoms with van der Waals surface area (Å²) in [7, 11) is 5.29. The van der Waals surface area contributed by atoms with Gasteiger partial charge in [-0.25, -0.2) is 10.0 Å². The van der Waals surface area contributed by atoms with Crippen molar-refractivity contribution in [2.75, 3.05) is 21.1 Å². The number of amides is 2. The number of fused-ring (bicyclic) bond motifs is 1. The van der Waals surface area contributed by atoms with Gasteiger partial charge >= 0.3 is 0 Å². The van der Waals surface area contributed by atoms with E-state index in [1.54, 1.807) is 36.2 Å². The zero-order valence-electron chi connectivity index (χ0n) is 13.8. The molecule has 2 aromatic rings. The van der Waals surface area contributed by atoms with E-state index < -0.39 is 0 Å². The molecule has 1 aliphatic rings. The normalized spacial score (nSPS) is 14.0. The molecule has 0 unspecified atom stereocenters. The number of benzene rings is 2. The maximum absolute atomic E-state index is 12.6. The molecule has 0 spiro atoms. The molecule has 122 valence electrons. The van der Waals surface area contributed by atoms with E-state index >= 15 is 0 Å². The maximum atomic E-state index is 12.6. The van der Waals surface area contributed by atoms with Crippen LogP contribution in [-0.4, -0.2) is 53.8 Å². The van der Waals surface area contributed by atoms with E-state index in [0.29, 0.717) is 17.1 Å². The van der Waals surface area contributed by atoms with Gasteiger partial charge < -0.3 is 4.90 Å². The van der Waals surface area contributed by atoms with E-state index in [4.69, 9.17) is 0 Å². The number of para-hydroxylation sites is 1. The molecule has 6 heteroatoms. The highest BCUT2D eigenvalue weighted by atomic mass is 16.2. The number of hydrogen-bond acceptors (Lipinski definition) is 3. The summed E-state index contributed by atoms with van der Waals surface area (Å²) in [5, 5.41) is 2.60. The minimum absolute atomic E-state index is 0.347. The van der Waals surface area contributed by atoms with Crippen molar-refractivity contribution in [1.29, 1.82) is 0 Å². The van der Waals surface area contributed by atoms with Crippen LogP contribution in [0.1, 0.15) is 20.7 Å². The first-order chi connectivity index (χ1) is 11.5. The monoisotopic (exact) mass is 322 g/mol. The number of imide groups is 1. The summed E-state index contributed by atoms with van der Waals surface area (Å²) in [5.41, 5.74) is 1.56. The molecule has 1 aliphatic heterocycles. The minimum atomic E-state index is -0.347. The number of hydrazine groups is 1. The van der Waals surface area contributed by atoms with Crippen molar-refractivity contribution in [3.63, 3.8) is 0 Å². The quantitative estimate of drug-likeness (QED) is 0.484. The van der Waals surface area contributed by atoms with E-state index in [2.05, 4.69) is 4.99 Å². The van der Waals surface area contributed by atoms with Gasteiger partial charge in [-0.15, -0.1) is 0 Å². The lowest BCUT2D eigenvalue weighted by molar-refractivity contribution is 0.0333. The van der Waals surface area contributed by atoms with Crippen molar-refractivity contribution in [2.24, 2.45) is 4.99 Å². The van der Waals surface area contributed by atoms with Gasteiger partial charge in [0.25, 0.3) is 11.8 Å². The van der Waals surface area contributed by atoms with Crippen LogP contribution in [-0.2, 0) is 0 Å². The molecule has 3 rings (SSSR count). The summed E-state index contributed by atoms with van der Waals surface area (Å²) in [6.45, 7) is 0. The van der Waals surface area contributed by atoms with Crippen molar-refractivity contribution < 1.29 is 9.59 Å². The fourth-order valence-electron chi connectivity index (χ4n) is 2.62. The summed E-state index contributed by atoms with van der Waals surface area (Å²) in [6.07, 6.45) is 0. The van der Waals surface area contributed by atoms with Crippen molar-refractivity contribution in [2.45, 2.75) is 0 Å². The van der Waals surface area contributed by atoms with Crippen molar-refractivity contribution in [3.8, 4) is 0 Å². The van der Waals surface area contributed by atoms with Gasteiger partial charge in [-0.1, -0.05) is 30.3 Å². The van der Waals surface area contributed by atoms with Crippen LogP contribution in [0.2, 0.25) is 0 Å². The fourth-order valence-corrected chi connectivity index (χ4v) is 2.62. The number of aliphatic imine (C=N–C) groups is 1.